The number of anilines is 2. The SMILES string of the molecule is CNC(=O)c1ccnc2c([C@H](C)CNc3cc(-c4ccc5c(c4)OCCN5C)ncn3)cccc12.S. The van der Waals surface area contributed by atoms with Crippen LogP contribution in [0.5, 0.6) is 5.75 Å². The lowest BCUT2D eigenvalue weighted by atomic mass is 9.96. The molecule has 0 unspecified atom stereocenters. The van der Waals surface area contributed by atoms with Crippen molar-refractivity contribution in [3.05, 3.63) is 72.2 Å². The predicted octanol–water partition coefficient (Wildman–Crippen LogP) is 4.21. The molecule has 36 heavy (non-hydrogen) atoms. The van der Waals surface area contributed by atoms with Gasteiger partial charge in [-0.05, 0) is 23.8 Å². The molecule has 1 atom stereocenters. The lowest BCUT2D eigenvalue weighted by molar-refractivity contribution is 0.0964. The zero-order valence-corrected chi connectivity index (χ0v) is 21.6. The smallest absolute Gasteiger partial charge is 0.251 e. The van der Waals surface area contributed by atoms with Gasteiger partial charge in [0.2, 0.25) is 0 Å². The van der Waals surface area contributed by atoms with E-state index in [4.69, 9.17) is 4.74 Å². The zero-order chi connectivity index (χ0) is 24.4. The number of para-hydroxylation sites is 1. The highest BCUT2D eigenvalue weighted by Gasteiger charge is 2.17. The molecule has 0 saturated carbocycles. The molecular formula is C27H30N6O2S. The molecule has 186 valence electrons. The number of carbonyl (C=O) groups is 1. The van der Waals surface area contributed by atoms with E-state index in [-0.39, 0.29) is 25.3 Å². The van der Waals surface area contributed by atoms with E-state index in [0.29, 0.717) is 18.7 Å². The van der Waals surface area contributed by atoms with Crippen LogP contribution >= 0.6 is 13.5 Å². The number of amides is 1. The van der Waals surface area contributed by atoms with Crippen molar-refractivity contribution in [3.8, 4) is 17.0 Å². The summed E-state index contributed by atoms with van der Waals surface area (Å²) in [6.45, 7) is 4.34. The summed E-state index contributed by atoms with van der Waals surface area (Å²) < 4.78 is 5.85. The third-order valence-electron chi connectivity index (χ3n) is 6.41. The molecule has 1 amide bonds. The quantitative estimate of drug-likeness (QED) is 0.408. The van der Waals surface area contributed by atoms with Gasteiger partial charge in [0.25, 0.3) is 5.91 Å². The standard InChI is InChI=1S/C27H28N6O2.H2S/c1-17(19-5-4-6-20-21(27(34)28-2)9-10-29-26(19)20)15-30-25-14-22(31-16-32-25)18-7-8-23-24(13-18)35-12-11-33(23)3;/h4-10,13-14,16-17H,11-12,15H2,1-3H3,(H,28,34)(H,30,31,32);1H2/t17-;/m1./s1. The third-order valence-corrected chi connectivity index (χ3v) is 6.41. The molecule has 3 heterocycles. The molecule has 0 bridgehead atoms. The van der Waals surface area contributed by atoms with E-state index >= 15 is 0 Å². The number of hydrogen-bond acceptors (Lipinski definition) is 7. The normalized spacial score (nSPS) is 13.2. The van der Waals surface area contributed by atoms with Gasteiger partial charge in [-0.2, -0.15) is 13.5 Å². The van der Waals surface area contributed by atoms with Crippen LogP contribution in [0, 0.1) is 0 Å². The molecule has 1 aliphatic heterocycles. The number of benzene rings is 2. The van der Waals surface area contributed by atoms with Crippen molar-refractivity contribution in [1.29, 1.82) is 0 Å². The monoisotopic (exact) mass is 502 g/mol. The Morgan fingerprint density at radius 2 is 2.00 bits per heavy atom. The number of likely N-dealkylation sites (N-methyl/N-ethyl adjacent to an activating group) is 1. The molecule has 4 aromatic rings. The van der Waals surface area contributed by atoms with E-state index in [0.717, 1.165) is 51.5 Å². The van der Waals surface area contributed by atoms with E-state index in [1.807, 2.05) is 24.3 Å². The summed E-state index contributed by atoms with van der Waals surface area (Å²) in [6.07, 6.45) is 3.26. The molecule has 0 aliphatic carbocycles. The molecule has 2 aromatic heterocycles. The van der Waals surface area contributed by atoms with Gasteiger partial charge in [-0.3, -0.25) is 9.78 Å². The highest BCUT2D eigenvalue weighted by atomic mass is 32.1. The number of hydrogen-bond donors (Lipinski definition) is 2. The lowest BCUT2D eigenvalue weighted by Gasteiger charge is -2.27. The third kappa shape index (κ3) is 4.92. The summed E-state index contributed by atoms with van der Waals surface area (Å²) >= 11 is 0. The fourth-order valence-electron chi connectivity index (χ4n) is 4.43. The fourth-order valence-corrected chi connectivity index (χ4v) is 4.43. The first kappa shape index (κ1) is 25.2. The van der Waals surface area contributed by atoms with E-state index in [2.05, 4.69) is 62.7 Å². The Labute approximate surface area is 217 Å². The van der Waals surface area contributed by atoms with Crippen molar-refractivity contribution in [2.75, 3.05) is 44.0 Å². The maximum absolute atomic E-state index is 12.3. The number of nitrogens with zero attached hydrogens (tertiary/aromatic N) is 4. The van der Waals surface area contributed by atoms with E-state index in [1.54, 1.807) is 25.6 Å². The number of carbonyl (C=O) groups excluding carboxylic acids is 1. The number of pyridine rings is 1. The number of ether oxygens (including phenoxy) is 1. The van der Waals surface area contributed by atoms with Crippen LogP contribution < -0.4 is 20.3 Å². The fraction of sp³-hybridized carbons (Fsp3) is 0.259. The maximum Gasteiger partial charge on any atom is 0.251 e. The van der Waals surface area contributed by atoms with Gasteiger partial charge in [-0.15, -0.1) is 0 Å². The van der Waals surface area contributed by atoms with Crippen LogP contribution in [-0.4, -0.2) is 54.7 Å². The van der Waals surface area contributed by atoms with Gasteiger partial charge >= 0.3 is 0 Å². The van der Waals surface area contributed by atoms with Crippen LogP contribution in [-0.2, 0) is 0 Å². The van der Waals surface area contributed by atoms with Gasteiger partial charge in [0, 0.05) is 49.8 Å². The predicted molar refractivity (Wildman–Crippen MR) is 149 cm³/mol. The highest BCUT2D eigenvalue weighted by Crippen LogP contribution is 2.34. The van der Waals surface area contributed by atoms with Gasteiger partial charge in [-0.25, -0.2) is 9.97 Å². The summed E-state index contributed by atoms with van der Waals surface area (Å²) in [4.78, 5) is 27.9. The minimum absolute atomic E-state index is 0. The molecule has 2 aromatic carbocycles. The van der Waals surface area contributed by atoms with Crippen molar-refractivity contribution < 1.29 is 9.53 Å². The summed E-state index contributed by atoms with van der Waals surface area (Å²) in [6, 6.07) is 15.8. The van der Waals surface area contributed by atoms with Gasteiger partial charge < -0.3 is 20.3 Å². The Morgan fingerprint density at radius 1 is 1.14 bits per heavy atom. The Morgan fingerprint density at radius 3 is 2.83 bits per heavy atom. The van der Waals surface area contributed by atoms with E-state index in [1.165, 1.54) is 0 Å². The van der Waals surface area contributed by atoms with Gasteiger partial charge in [0.05, 0.1) is 29.0 Å². The molecule has 1 aliphatic rings. The first-order chi connectivity index (χ1) is 17.0. The van der Waals surface area contributed by atoms with Crippen LogP contribution in [0.1, 0.15) is 28.8 Å². The van der Waals surface area contributed by atoms with Crippen LogP contribution in [0.2, 0.25) is 0 Å². The van der Waals surface area contributed by atoms with Crippen molar-refractivity contribution in [2.45, 2.75) is 12.8 Å². The highest BCUT2D eigenvalue weighted by molar-refractivity contribution is 7.59. The van der Waals surface area contributed by atoms with Crippen molar-refractivity contribution in [2.24, 2.45) is 0 Å². The van der Waals surface area contributed by atoms with Crippen molar-refractivity contribution in [3.63, 3.8) is 0 Å². The van der Waals surface area contributed by atoms with Gasteiger partial charge in [0.15, 0.2) is 0 Å². The van der Waals surface area contributed by atoms with E-state index in [9.17, 15) is 4.79 Å². The number of rotatable bonds is 6. The Hall–Kier alpha value is -3.85. The first-order valence-electron chi connectivity index (χ1n) is 11.7. The molecule has 0 spiro atoms. The van der Waals surface area contributed by atoms with Gasteiger partial charge in [-0.1, -0.05) is 31.2 Å². The number of nitrogens with one attached hydrogen (secondary N) is 2. The number of fused-ring (bicyclic) bond motifs is 2. The lowest BCUT2D eigenvalue weighted by Crippen LogP contribution is -2.28. The Bertz CT molecular complexity index is 1400. The molecule has 0 radical (unpaired) electrons. The summed E-state index contributed by atoms with van der Waals surface area (Å²) in [5.74, 6) is 1.64. The average molecular weight is 503 g/mol. The molecule has 5 rings (SSSR count). The first-order valence-corrected chi connectivity index (χ1v) is 11.7. The molecular weight excluding hydrogens is 472 g/mol. The molecule has 0 fully saturated rings. The number of aromatic nitrogens is 3. The average Bonchev–Trinajstić information content (AvgIpc) is 2.90. The summed E-state index contributed by atoms with van der Waals surface area (Å²) in [5, 5.41) is 6.99. The Kier molecular flexibility index (Phi) is 7.59. The molecule has 2 N–H and O–H groups in total. The van der Waals surface area contributed by atoms with Crippen molar-refractivity contribution >= 4 is 41.8 Å². The molecule has 9 heteroatoms. The maximum atomic E-state index is 12.3. The second kappa shape index (κ2) is 10.8. The van der Waals surface area contributed by atoms with Gasteiger partial charge in [0.1, 0.15) is 24.5 Å². The largest absolute Gasteiger partial charge is 0.490 e. The molecule has 8 nitrogen and oxygen atoms in total. The Balaban J connectivity index is 0.00000304. The van der Waals surface area contributed by atoms with Crippen molar-refractivity contribution in [1.82, 2.24) is 20.3 Å². The minimum atomic E-state index is -0.118. The van der Waals surface area contributed by atoms with Crippen LogP contribution in [0.25, 0.3) is 22.2 Å². The zero-order valence-electron chi connectivity index (χ0n) is 20.6. The van der Waals surface area contributed by atoms with Crippen LogP contribution in [0.15, 0.2) is 61.1 Å². The summed E-state index contributed by atoms with van der Waals surface area (Å²) in [7, 11) is 3.70. The second-order valence-corrected chi connectivity index (χ2v) is 8.70. The van der Waals surface area contributed by atoms with Crippen LogP contribution in [0.3, 0.4) is 0 Å². The topological polar surface area (TPSA) is 92.3 Å². The minimum Gasteiger partial charge on any atom is -0.490 e. The second-order valence-electron chi connectivity index (χ2n) is 8.70. The summed E-state index contributed by atoms with van der Waals surface area (Å²) in [5.41, 5.74) is 5.44. The van der Waals surface area contributed by atoms with Crippen LogP contribution in [0.4, 0.5) is 11.5 Å². The molecule has 0 saturated heterocycles. The van der Waals surface area contributed by atoms with E-state index < -0.39 is 0 Å².